The molecular formula is C24H25N3O3. The van der Waals surface area contributed by atoms with Crippen LogP contribution in [0, 0.1) is 6.92 Å². The summed E-state index contributed by atoms with van der Waals surface area (Å²) in [5.41, 5.74) is 4.44. The molecule has 4 rings (SSSR count). The van der Waals surface area contributed by atoms with Gasteiger partial charge >= 0.3 is 5.97 Å². The lowest BCUT2D eigenvalue weighted by molar-refractivity contribution is 0.0695. The summed E-state index contributed by atoms with van der Waals surface area (Å²) in [6.07, 6.45) is 7.50. The van der Waals surface area contributed by atoms with Gasteiger partial charge in [0.15, 0.2) is 0 Å². The lowest BCUT2D eigenvalue weighted by atomic mass is 9.87. The maximum atomic E-state index is 11.5. The van der Waals surface area contributed by atoms with Crippen LogP contribution in [0.2, 0.25) is 0 Å². The molecule has 30 heavy (non-hydrogen) atoms. The third kappa shape index (κ3) is 4.13. The number of hydrogen-bond acceptors (Lipinski definition) is 5. The van der Waals surface area contributed by atoms with Gasteiger partial charge in [0.2, 0.25) is 0 Å². The van der Waals surface area contributed by atoms with Crippen molar-refractivity contribution in [3.8, 4) is 5.75 Å². The fourth-order valence-corrected chi connectivity index (χ4v) is 3.92. The molecule has 0 spiro atoms. The molecule has 1 atom stereocenters. The summed E-state index contributed by atoms with van der Waals surface area (Å²) in [4.78, 5) is 22.1. The summed E-state index contributed by atoms with van der Waals surface area (Å²) >= 11 is 0. The Morgan fingerprint density at radius 2 is 2.10 bits per heavy atom. The molecule has 0 amide bonds. The first-order valence-corrected chi connectivity index (χ1v) is 10.1. The highest BCUT2D eigenvalue weighted by molar-refractivity contribution is 5.89. The fourth-order valence-electron chi connectivity index (χ4n) is 3.92. The highest BCUT2D eigenvalue weighted by Crippen LogP contribution is 2.39. The Kier molecular flexibility index (Phi) is 5.65. The van der Waals surface area contributed by atoms with E-state index in [0.717, 1.165) is 41.2 Å². The topological polar surface area (TPSA) is 75.5 Å². The van der Waals surface area contributed by atoms with Crippen molar-refractivity contribution in [3.63, 3.8) is 0 Å². The van der Waals surface area contributed by atoms with Gasteiger partial charge in [-0.2, -0.15) is 0 Å². The molecule has 2 aromatic heterocycles. The third-order valence-corrected chi connectivity index (χ3v) is 5.68. The number of aromatic carboxylic acids is 1. The van der Waals surface area contributed by atoms with Crippen molar-refractivity contribution in [2.75, 3.05) is 18.6 Å². The van der Waals surface area contributed by atoms with Crippen LogP contribution in [0.3, 0.4) is 0 Å². The predicted molar refractivity (Wildman–Crippen MR) is 116 cm³/mol. The van der Waals surface area contributed by atoms with E-state index in [1.165, 1.54) is 11.8 Å². The predicted octanol–water partition coefficient (Wildman–Crippen LogP) is 4.75. The molecule has 3 heterocycles. The van der Waals surface area contributed by atoms with Crippen LogP contribution in [0.25, 0.3) is 0 Å². The van der Waals surface area contributed by atoms with Crippen molar-refractivity contribution in [1.29, 1.82) is 0 Å². The number of carboxylic acid groups (broad SMARTS) is 1. The van der Waals surface area contributed by atoms with Gasteiger partial charge in [-0.1, -0.05) is 12.1 Å². The number of nitrogens with zero attached hydrogens (tertiary/aromatic N) is 3. The van der Waals surface area contributed by atoms with Gasteiger partial charge in [-0.15, -0.1) is 0 Å². The van der Waals surface area contributed by atoms with Gasteiger partial charge in [-0.05, 0) is 67.0 Å². The highest BCUT2D eigenvalue weighted by Gasteiger charge is 2.23. The lowest BCUT2D eigenvalue weighted by Crippen LogP contribution is -2.17. The number of carboxylic acids is 1. The van der Waals surface area contributed by atoms with Gasteiger partial charge in [0.25, 0.3) is 0 Å². The van der Waals surface area contributed by atoms with Crippen LogP contribution in [0.1, 0.15) is 45.8 Å². The number of anilines is 2. The van der Waals surface area contributed by atoms with Crippen molar-refractivity contribution in [1.82, 2.24) is 9.97 Å². The van der Waals surface area contributed by atoms with Crippen molar-refractivity contribution in [2.24, 2.45) is 0 Å². The van der Waals surface area contributed by atoms with E-state index in [2.05, 4.69) is 28.2 Å². The first-order chi connectivity index (χ1) is 14.5. The third-order valence-electron chi connectivity index (χ3n) is 5.68. The van der Waals surface area contributed by atoms with Crippen molar-refractivity contribution in [2.45, 2.75) is 32.1 Å². The van der Waals surface area contributed by atoms with Crippen LogP contribution in [0.4, 0.5) is 11.5 Å². The van der Waals surface area contributed by atoms with Gasteiger partial charge in [0, 0.05) is 37.4 Å². The summed E-state index contributed by atoms with van der Waals surface area (Å²) in [5, 5.41) is 9.39. The Bertz CT molecular complexity index is 1050. The van der Waals surface area contributed by atoms with Gasteiger partial charge < -0.3 is 14.7 Å². The van der Waals surface area contributed by atoms with Gasteiger partial charge in [0.05, 0.1) is 12.2 Å². The molecule has 1 aliphatic heterocycles. The van der Waals surface area contributed by atoms with E-state index in [4.69, 9.17) is 4.74 Å². The van der Waals surface area contributed by atoms with Crippen LogP contribution in [-0.4, -0.2) is 34.7 Å². The number of benzene rings is 1. The number of carbonyl (C=O) groups is 1. The number of ether oxygens (including phenoxy) is 1. The zero-order valence-corrected chi connectivity index (χ0v) is 17.2. The maximum Gasteiger partial charge on any atom is 0.336 e. The molecular weight excluding hydrogens is 378 g/mol. The van der Waals surface area contributed by atoms with E-state index >= 15 is 0 Å². The second kappa shape index (κ2) is 8.53. The molecule has 0 unspecified atom stereocenters. The molecule has 0 saturated carbocycles. The average molecular weight is 403 g/mol. The van der Waals surface area contributed by atoms with Crippen LogP contribution in [0.5, 0.6) is 5.75 Å². The van der Waals surface area contributed by atoms with E-state index in [1.54, 1.807) is 12.3 Å². The minimum atomic E-state index is -0.905. The maximum absolute atomic E-state index is 11.5. The summed E-state index contributed by atoms with van der Waals surface area (Å²) < 4.78 is 5.96. The number of rotatable bonds is 6. The van der Waals surface area contributed by atoms with Crippen LogP contribution in [-0.2, 0) is 6.42 Å². The standard InChI is InChI=1S/C24H25N3O3/c1-16-3-8-23(26-14-16)27(2)19-6-7-20-17(10-12-30-22(20)13-19)4-5-18-15-25-11-9-21(18)24(28)29/h3,6-9,11,13-15,17H,4-5,10,12H2,1-2H3,(H,28,29)/t17-/m1/s1. The second-order valence-electron chi connectivity index (χ2n) is 7.69. The highest BCUT2D eigenvalue weighted by atomic mass is 16.5. The average Bonchev–Trinajstić information content (AvgIpc) is 2.77. The fraction of sp³-hybridized carbons (Fsp3) is 0.292. The summed E-state index contributed by atoms with van der Waals surface area (Å²) in [7, 11) is 2.00. The summed E-state index contributed by atoms with van der Waals surface area (Å²) in [5.74, 6) is 1.20. The molecule has 1 aliphatic rings. The normalized spacial score (nSPS) is 15.2. The molecule has 0 aliphatic carbocycles. The lowest BCUT2D eigenvalue weighted by Gasteiger charge is -2.28. The first-order valence-electron chi connectivity index (χ1n) is 10.1. The van der Waals surface area contributed by atoms with E-state index in [0.29, 0.717) is 24.5 Å². The quantitative estimate of drug-likeness (QED) is 0.640. The Balaban J connectivity index is 1.52. The zero-order chi connectivity index (χ0) is 21.1. The molecule has 3 aromatic rings. The Morgan fingerprint density at radius 1 is 1.23 bits per heavy atom. The number of pyridine rings is 2. The van der Waals surface area contributed by atoms with Crippen LogP contribution in [0.15, 0.2) is 55.0 Å². The Morgan fingerprint density at radius 3 is 2.87 bits per heavy atom. The minimum absolute atomic E-state index is 0.326. The molecule has 0 radical (unpaired) electrons. The minimum Gasteiger partial charge on any atom is -0.493 e. The molecule has 1 N–H and O–H groups in total. The number of fused-ring (bicyclic) bond motifs is 1. The van der Waals surface area contributed by atoms with Gasteiger partial charge in [0.1, 0.15) is 11.6 Å². The number of aromatic nitrogens is 2. The SMILES string of the molecule is Cc1ccc(N(C)c2ccc3c(c2)OCC[C@H]3CCc2cnccc2C(=O)O)nc1. The van der Waals surface area contributed by atoms with E-state index in [1.807, 2.05) is 37.2 Å². The molecule has 0 fully saturated rings. The molecule has 0 bridgehead atoms. The molecule has 0 saturated heterocycles. The molecule has 154 valence electrons. The molecule has 6 nitrogen and oxygen atoms in total. The second-order valence-corrected chi connectivity index (χ2v) is 7.69. The van der Waals surface area contributed by atoms with Crippen molar-refractivity contribution in [3.05, 3.63) is 77.2 Å². The zero-order valence-electron chi connectivity index (χ0n) is 17.2. The monoisotopic (exact) mass is 403 g/mol. The van der Waals surface area contributed by atoms with Gasteiger partial charge in [-0.25, -0.2) is 9.78 Å². The first kappa shape index (κ1) is 19.9. The van der Waals surface area contributed by atoms with Crippen LogP contribution < -0.4 is 9.64 Å². The van der Waals surface area contributed by atoms with Crippen LogP contribution >= 0.6 is 0 Å². The Hall–Kier alpha value is -3.41. The van der Waals surface area contributed by atoms with Crippen molar-refractivity contribution < 1.29 is 14.6 Å². The largest absolute Gasteiger partial charge is 0.493 e. The van der Waals surface area contributed by atoms with Crippen molar-refractivity contribution >= 4 is 17.5 Å². The molecule has 1 aromatic carbocycles. The van der Waals surface area contributed by atoms with E-state index in [9.17, 15) is 9.90 Å². The Labute approximate surface area is 176 Å². The smallest absolute Gasteiger partial charge is 0.336 e. The number of hydrogen-bond donors (Lipinski definition) is 1. The van der Waals surface area contributed by atoms with Gasteiger partial charge in [-0.3, -0.25) is 4.98 Å². The number of aryl methyl sites for hydroxylation is 2. The van der Waals surface area contributed by atoms with E-state index in [-0.39, 0.29) is 0 Å². The summed E-state index contributed by atoms with van der Waals surface area (Å²) in [6.45, 7) is 2.68. The summed E-state index contributed by atoms with van der Waals surface area (Å²) in [6, 6.07) is 11.9. The molecule has 6 heteroatoms. The van der Waals surface area contributed by atoms with E-state index < -0.39 is 5.97 Å².